The minimum atomic E-state index is 0.353. The van der Waals surface area contributed by atoms with Crippen LogP contribution in [0.3, 0.4) is 0 Å². The first-order valence-electron chi connectivity index (χ1n) is 13.3. The molecule has 4 fully saturated rings. The van der Waals surface area contributed by atoms with Crippen LogP contribution in [0.4, 0.5) is 0 Å². The Balaban J connectivity index is 1.52. The number of rotatable bonds is 6. The highest BCUT2D eigenvalue weighted by molar-refractivity contribution is 5.55. The highest BCUT2D eigenvalue weighted by Gasteiger charge is 2.61. The zero-order chi connectivity index (χ0) is 20.8. The van der Waals surface area contributed by atoms with Crippen LogP contribution in [0.15, 0.2) is 0 Å². The van der Waals surface area contributed by atoms with Crippen LogP contribution in [0.1, 0.15) is 112 Å². The average Bonchev–Trinajstić information content (AvgIpc) is 3.04. The first-order chi connectivity index (χ1) is 13.8. The van der Waals surface area contributed by atoms with Gasteiger partial charge in [-0.1, -0.05) is 66.7 Å². The van der Waals surface area contributed by atoms with Gasteiger partial charge in [0.25, 0.3) is 0 Å². The summed E-state index contributed by atoms with van der Waals surface area (Å²) in [6.07, 6.45) is 18.1. The van der Waals surface area contributed by atoms with Gasteiger partial charge < -0.3 is 4.79 Å². The fraction of sp³-hybridized carbons (Fsp3) is 0.964. The minimum Gasteiger partial charge on any atom is -0.303 e. The molecule has 0 aromatic heterocycles. The Morgan fingerprint density at radius 3 is 2.34 bits per heavy atom. The second-order valence-electron chi connectivity index (χ2n) is 12.8. The van der Waals surface area contributed by atoms with E-state index in [-0.39, 0.29) is 0 Å². The van der Waals surface area contributed by atoms with E-state index in [1.807, 2.05) is 0 Å². The zero-order valence-corrected chi connectivity index (χ0v) is 20.1. The van der Waals surface area contributed by atoms with Gasteiger partial charge in [0.05, 0.1) is 0 Å². The molecule has 0 bridgehead atoms. The topological polar surface area (TPSA) is 17.1 Å². The first kappa shape index (κ1) is 21.9. The van der Waals surface area contributed by atoms with E-state index in [2.05, 4.69) is 34.6 Å². The molecule has 0 aromatic carbocycles. The molecule has 0 aliphatic heterocycles. The predicted molar refractivity (Wildman–Crippen MR) is 123 cm³/mol. The summed E-state index contributed by atoms with van der Waals surface area (Å²) in [6, 6.07) is 0. The lowest BCUT2D eigenvalue weighted by Crippen LogP contribution is -2.55. The molecule has 0 saturated heterocycles. The molecule has 4 saturated carbocycles. The summed E-state index contributed by atoms with van der Waals surface area (Å²) >= 11 is 0. The lowest BCUT2D eigenvalue weighted by atomic mass is 9.42. The van der Waals surface area contributed by atoms with Crippen LogP contribution in [-0.2, 0) is 4.79 Å². The summed E-state index contributed by atoms with van der Waals surface area (Å²) in [7, 11) is 0. The van der Waals surface area contributed by atoms with E-state index in [0.29, 0.717) is 22.7 Å². The van der Waals surface area contributed by atoms with E-state index >= 15 is 0 Å². The van der Waals surface area contributed by atoms with Crippen molar-refractivity contribution in [3.63, 3.8) is 0 Å². The molecule has 166 valence electrons. The molecule has 0 heterocycles. The summed E-state index contributed by atoms with van der Waals surface area (Å²) in [5, 5.41) is 0. The molecule has 1 heteroatoms. The summed E-state index contributed by atoms with van der Waals surface area (Å²) in [6.45, 7) is 12.6. The Hall–Kier alpha value is -0.330. The maximum atomic E-state index is 12.1. The Labute approximate surface area is 181 Å². The maximum absolute atomic E-state index is 12.1. The van der Waals surface area contributed by atoms with Crippen LogP contribution in [0.25, 0.3) is 0 Å². The van der Waals surface area contributed by atoms with Crippen LogP contribution in [0, 0.1) is 58.2 Å². The van der Waals surface area contributed by atoms with E-state index in [9.17, 15) is 4.79 Å². The predicted octanol–water partition coefficient (Wildman–Crippen LogP) is 7.92. The first-order valence-corrected chi connectivity index (χ1v) is 13.3. The summed E-state index contributed by atoms with van der Waals surface area (Å²) < 4.78 is 0. The van der Waals surface area contributed by atoms with Gasteiger partial charge in [-0.15, -0.1) is 0 Å². The van der Waals surface area contributed by atoms with Crippen molar-refractivity contribution >= 4 is 6.29 Å². The summed E-state index contributed by atoms with van der Waals surface area (Å²) in [5.74, 6) is 6.30. The third kappa shape index (κ3) is 3.65. The normalized spacial score (nSPS) is 47.9. The molecule has 0 amide bonds. The van der Waals surface area contributed by atoms with Crippen LogP contribution in [0.5, 0.6) is 0 Å². The van der Waals surface area contributed by atoms with E-state index in [1.165, 1.54) is 83.3 Å². The van der Waals surface area contributed by atoms with Crippen molar-refractivity contribution in [3.8, 4) is 0 Å². The van der Waals surface area contributed by atoms with Gasteiger partial charge in [-0.05, 0) is 97.2 Å². The van der Waals surface area contributed by atoms with Crippen molar-refractivity contribution in [1.29, 1.82) is 0 Å². The summed E-state index contributed by atoms with van der Waals surface area (Å²) in [5.41, 5.74) is 0.999. The molecule has 0 aromatic rings. The van der Waals surface area contributed by atoms with Crippen molar-refractivity contribution in [2.75, 3.05) is 0 Å². The van der Waals surface area contributed by atoms with E-state index < -0.39 is 0 Å². The number of aldehydes is 1. The quantitative estimate of drug-likeness (QED) is 0.414. The molecule has 0 spiro atoms. The fourth-order valence-electron chi connectivity index (χ4n) is 9.64. The number of hydrogen-bond donors (Lipinski definition) is 0. The second kappa shape index (κ2) is 8.31. The lowest BCUT2D eigenvalue weighted by molar-refractivity contribution is -0.147. The number of fused-ring (bicyclic) bond motifs is 5. The molecule has 3 unspecified atom stereocenters. The van der Waals surface area contributed by atoms with Gasteiger partial charge >= 0.3 is 0 Å². The van der Waals surface area contributed by atoms with Gasteiger partial charge in [-0.2, -0.15) is 0 Å². The molecule has 9 atom stereocenters. The fourth-order valence-corrected chi connectivity index (χ4v) is 9.64. The third-order valence-electron chi connectivity index (χ3n) is 11.0. The van der Waals surface area contributed by atoms with Crippen molar-refractivity contribution in [2.24, 2.45) is 58.2 Å². The largest absolute Gasteiger partial charge is 0.303 e. The van der Waals surface area contributed by atoms with Gasteiger partial charge in [-0.3, -0.25) is 0 Å². The van der Waals surface area contributed by atoms with Crippen LogP contribution >= 0.6 is 0 Å². The van der Waals surface area contributed by atoms with Gasteiger partial charge in [0.1, 0.15) is 6.29 Å². The molecule has 4 rings (SSSR count). The zero-order valence-electron chi connectivity index (χ0n) is 20.1. The third-order valence-corrected chi connectivity index (χ3v) is 11.0. The smallest absolute Gasteiger partial charge is 0.123 e. The van der Waals surface area contributed by atoms with E-state index in [0.717, 1.165) is 35.5 Å². The number of carbonyl (C=O) groups excluding carboxylic acids is 1. The van der Waals surface area contributed by atoms with Crippen LogP contribution in [-0.4, -0.2) is 6.29 Å². The molecular formula is C28H48O. The minimum absolute atomic E-state index is 0.353. The molecule has 4 aliphatic carbocycles. The van der Waals surface area contributed by atoms with Crippen molar-refractivity contribution < 1.29 is 4.79 Å². The molecule has 0 N–H and O–H groups in total. The Morgan fingerprint density at radius 1 is 0.862 bits per heavy atom. The molecular weight excluding hydrogens is 352 g/mol. The number of hydrogen-bond acceptors (Lipinski definition) is 1. The molecule has 4 aliphatic rings. The van der Waals surface area contributed by atoms with Crippen LogP contribution in [0.2, 0.25) is 0 Å². The van der Waals surface area contributed by atoms with Crippen molar-refractivity contribution in [2.45, 2.75) is 112 Å². The van der Waals surface area contributed by atoms with E-state index in [1.54, 1.807) is 0 Å². The highest BCUT2D eigenvalue weighted by Crippen LogP contribution is 2.69. The van der Waals surface area contributed by atoms with Crippen molar-refractivity contribution in [3.05, 3.63) is 0 Å². The summed E-state index contributed by atoms with van der Waals surface area (Å²) in [4.78, 5) is 12.1. The molecule has 29 heavy (non-hydrogen) atoms. The van der Waals surface area contributed by atoms with Gasteiger partial charge in [0.2, 0.25) is 0 Å². The van der Waals surface area contributed by atoms with Gasteiger partial charge in [-0.25, -0.2) is 0 Å². The Morgan fingerprint density at radius 2 is 1.62 bits per heavy atom. The number of carbonyl (C=O) groups is 1. The molecule has 0 radical (unpaired) electrons. The second-order valence-corrected chi connectivity index (χ2v) is 12.8. The van der Waals surface area contributed by atoms with Crippen LogP contribution < -0.4 is 0 Å². The standard InChI is InChI=1S/C28H48O/c1-19(2)9-8-10-20(3)23-12-13-25-22-17-21(18-29)24-11-6-7-15-27(24,4)26(22)14-16-28(23,25)5/h18-26H,6-17H2,1-5H3/t20?,21?,22-,23+,24?,25-,26-,27-,28+/m0/s1. The van der Waals surface area contributed by atoms with Crippen molar-refractivity contribution in [1.82, 2.24) is 0 Å². The molecule has 1 nitrogen and oxygen atoms in total. The monoisotopic (exact) mass is 400 g/mol. The maximum Gasteiger partial charge on any atom is 0.123 e. The average molecular weight is 401 g/mol. The highest BCUT2D eigenvalue weighted by atomic mass is 16.1. The Bertz CT molecular complexity index is 581. The van der Waals surface area contributed by atoms with Gasteiger partial charge in [0, 0.05) is 5.92 Å². The Kier molecular flexibility index (Phi) is 6.27. The SMILES string of the molecule is CC(C)CCCC(C)[C@H]1CC[C@H]2[C@@H]3CC(C=O)C4CCCC[C@]4(C)[C@H]3CC[C@]12C. The van der Waals surface area contributed by atoms with Gasteiger partial charge in [0.15, 0.2) is 0 Å². The lowest BCUT2D eigenvalue weighted by Gasteiger charge is -2.62. The van der Waals surface area contributed by atoms with E-state index in [4.69, 9.17) is 0 Å².